The summed E-state index contributed by atoms with van der Waals surface area (Å²) in [7, 11) is 0. The zero-order valence-corrected chi connectivity index (χ0v) is 15.2. The minimum Gasteiger partial charge on any atom is -0.481 e. The van der Waals surface area contributed by atoms with Crippen LogP contribution in [0.4, 0.5) is 0 Å². The van der Waals surface area contributed by atoms with E-state index in [1.54, 1.807) is 11.3 Å². The van der Waals surface area contributed by atoms with Crippen LogP contribution >= 0.6 is 22.9 Å². The third-order valence-electron chi connectivity index (χ3n) is 4.64. The van der Waals surface area contributed by atoms with E-state index in [0.717, 1.165) is 28.5 Å². The van der Waals surface area contributed by atoms with Crippen molar-refractivity contribution in [2.24, 2.45) is 11.8 Å². The van der Waals surface area contributed by atoms with E-state index >= 15 is 0 Å². The molecule has 3 rings (SSSR count). The van der Waals surface area contributed by atoms with Crippen molar-refractivity contribution >= 4 is 44.9 Å². The minimum absolute atomic E-state index is 0.0485. The number of thiophene rings is 1. The number of benzene rings is 1. The summed E-state index contributed by atoms with van der Waals surface area (Å²) in [5, 5.41) is 15.8. The zero-order chi connectivity index (χ0) is 17.8. The van der Waals surface area contributed by atoms with Crippen LogP contribution in [0.5, 0.6) is 0 Å². The Morgan fingerprint density at radius 1 is 1.36 bits per heavy atom. The first-order valence-electron chi connectivity index (χ1n) is 8.27. The average Bonchev–Trinajstić information content (AvgIpc) is 2.98. The molecule has 1 aromatic heterocycles. The maximum absolute atomic E-state index is 12.3. The van der Waals surface area contributed by atoms with E-state index in [9.17, 15) is 14.7 Å². The molecule has 5 nitrogen and oxygen atoms in total. The highest BCUT2D eigenvalue weighted by molar-refractivity contribution is 7.17. The lowest BCUT2D eigenvalue weighted by Crippen LogP contribution is -2.39. The number of carbonyl (C=O) groups excluding carboxylic acids is 1. The van der Waals surface area contributed by atoms with E-state index < -0.39 is 11.9 Å². The van der Waals surface area contributed by atoms with Gasteiger partial charge in [-0.25, -0.2) is 0 Å². The van der Waals surface area contributed by atoms with Crippen molar-refractivity contribution in [3.05, 3.63) is 34.2 Å². The van der Waals surface area contributed by atoms with Gasteiger partial charge in [0.05, 0.1) is 12.3 Å². The summed E-state index contributed by atoms with van der Waals surface area (Å²) in [6.45, 7) is 1.33. The largest absolute Gasteiger partial charge is 0.481 e. The zero-order valence-electron chi connectivity index (χ0n) is 13.7. The molecule has 7 heteroatoms. The maximum atomic E-state index is 12.3. The normalized spacial score (nSPS) is 16.7. The first-order valence-corrected chi connectivity index (χ1v) is 9.53. The van der Waals surface area contributed by atoms with Gasteiger partial charge in [0.25, 0.3) is 0 Å². The summed E-state index contributed by atoms with van der Waals surface area (Å²) in [5.41, 5.74) is 0.915. The van der Waals surface area contributed by atoms with Crippen molar-refractivity contribution < 1.29 is 19.4 Å². The number of hydrogen-bond acceptors (Lipinski definition) is 4. The van der Waals surface area contributed by atoms with E-state index in [2.05, 4.69) is 5.32 Å². The van der Waals surface area contributed by atoms with Gasteiger partial charge < -0.3 is 15.2 Å². The molecule has 2 N–H and O–H groups in total. The number of aliphatic carboxylic acids is 1. The molecule has 0 saturated carbocycles. The molecule has 0 radical (unpaired) electrons. The lowest BCUT2D eigenvalue weighted by atomic mass is 9.86. The van der Waals surface area contributed by atoms with Crippen LogP contribution in [0.3, 0.4) is 0 Å². The molecule has 2 heterocycles. The smallest absolute Gasteiger partial charge is 0.308 e. The van der Waals surface area contributed by atoms with Crippen molar-refractivity contribution in [1.82, 2.24) is 5.32 Å². The highest BCUT2D eigenvalue weighted by atomic mass is 35.5. The van der Waals surface area contributed by atoms with E-state index in [4.69, 9.17) is 16.3 Å². The SMILES string of the molecule is O=C(Cc1csc2ccc(Cl)cc12)NCC(C(=O)O)C1CCOCC1. The number of rotatable bonds is 6. The Bertz CT molecular complexity index is 770. The van der Waals surface area contributed by atoms with Crippen molar-refractivity contribution in [2.75, 3.05) is 19.8 Å². The number of fused-ring (bicyclic) bond motifs is 1. The van der Waals surface area contributed by atoms with Crippen LogP contribution in [0.25, 0.3) is 10.1 Å². The Labute approximate surface area is 154 Å². The minimum atomic E-state index is -0.861. The second kappa shape index (κ2) is 8.17. The molecule has 2 aromatic rings. The fourth-order valence-corrected chi connectivity index (χ4v) is 4.34. The fraction of sp³-hybridized carbons (Fsp3) is 0.444. The first kappa shape index (κ1) is 18.2. The Kier molecular flexibility index (Phi) is 5.93. The molecule has 1 aromatic carbocycles. The molecule has 0 aliphatic carbocycles. The van der Waals surface area contributed by atoms with E-state index in [1.165, 1.54) is 0 Å². The van der Waals surface area contributed by atoms with Crippen LogP contribution in [0, 0.1) is 11.8 Å². The Morgan fingerprint density at radius 3 is 2.84 bits per heavy atom. The predicted molar refractivity (Wildman–Crippen MR) is 98.2 cm³/mol. The van der Waals surface area contributed by atoms with Crippen LogP contribution in [0.15, 0.2) is 23.6 Å². The van der Waals surface area contributed by atoms with Gasteiger partial charge in [-0.2, -0.15) is 0 Å². The van der Waals surface area contributed by atoms with Gasteiger partial charge in [0, 0.05) is 29.5 Å². The molecule has 25 heavy (non-hydrogen) atoms. The molecule has 1 amide bonds. The Hall–Kier alpha value is -1.63. The highest BCUT2D eigenvalue weighted by Gasteiger charge is 2.30. The third kappa shape index (κ3) is 4.51. The number of carbonyl (C=O) groups is 2. The van der Waals surface area contributed by atoms with Gasteiger partial charge in [0.1, 0.15) is 0 Å². The number of carboxylic acids is 1. The average molecular weight is 382 g/mol. The predicted octanol–water partition coefficient (Wildman–Crippen LogP) is 3.34. The molecule has 1 fully saturated rings. The van der Waals surface area contributed by atoms with Crippen LogP contribution in [-0.4, -0.2) is 36.7 Å². The summed E-state index contributed by atoms with van der Waals surface area (Å²) in [6.07, 6.45) is 1.67. The van der Waals surface area contributed by atoms with E-state index in [1.807, 2.05) is 23.6 Å². The monoisotopic (exact) mass is 381 g/mol. The van der Waals surface area contributed by atoms with Crippen molar-refractivity contribution in [3.8, 4) is 0 Å². The van der Waals surface area contributed by atoms with Crippen LogP contribution in [0.2, 0.25) is 5.02 Å². The van der Waals surface area contributed by atoms with Gasteiger partial charge in [0.15, 0.2) is 0 Å². The summed E-state index contributed by atoms with van der Waals surface area (Å²) in [6, 6.07) is 5.63. The van der Waals surface area contributed by atoms with Crippen molar-refractivity contribution in [2.45, 2.75) is 19.3 Å². The number of carboxylic acid groups (broad SMARTS) is 1. The molecule has 1 atom stereocenters. The van der Waals surface area contributed by atoms with Gasteiger partial charge >= 0.3 is 5.97 Å². The standard InChI is InChI=1S/C18H20ClNO4S/c19-13-1-2-16-14(8-13)12(10-25-16)7-17(21)20-9-15(18(22)23)11-3-5-24-6-4-11/h1-2,8,10-11,15H,3-7,9H2,(H,20,21)(H,22,23). The van der Waals surface area contributed by atoms with Gasteiger partial charge in [-0.3, -0.25) is 9.59 Å². The lowest BCUT2D eigenvalue weighted by molar-refractivity contribution is -0.144. The number of hydrogen-bond donors (Lipinski definition) is 2. The maximum Gasteiger partial charge on any atom is 0.308 e. The van der Waals surface area contributed by atoms with E-state index in [0.29, 0.717) is 18.2 Å². The lowest BCUT2D eigenvalue weighted by Gasteiger charge is -2.27. The topological polar surface area (TPSA) is 75.6 Å². The number of amides is 1. The number of ether oxygens (including phenoxy) is 1. The van der Waals surface area contributed by atoms with Gasteiger partial charge in [-0.1, -0.05) is 11.6 Å². The fourth-order valence-electron chi connectivity index (χ4n) is 3.22. The Balaban J connectivity index is 1.61. The molecule has 1 aliphatic rings. The van der Waals surface area contributed by atoms with E-state index in [-0.39, 0.29) is 24.8 Å². The summed E-state index contributed by atoms with van der Waals surface area (Å²) in [5.74, 6) is -1.55. The third-order valence-corrected chi connectivity index (χ3v) is 5.89. The van der Waals surface area contributed by atoms with Crippen LogP contribution in [0.1, 0.15) is 18.4 Å². The molecule has 1 unspecified atom stereocenters. The summed E-state index contributed by atoms with van der Waals surface area (Å²) < 4.78 is 6.37. The highest BCUT2D eigenvalue weighted by Crippen LogP contribution is 2.29. The second-order valence-corrected chi connectivity index (χ2v) is 7.62. The van der Waals surface area contributed by atoms with Gasteiger partial charge in [0.2, 0.25) is 5.91 Å². The number of halogens is 1. The van der Waals surface area contributed by atoms with Gasteiger partial charge in [-0.15, -0.1) is 11.3 Å². The molecular formula is C18H20ClNO4S. The molecule has 0 spiro atoms. The molecular weight excluding hydrogens is 362 g/mol. The van der Waals surface area contributed by atoms with Crippen molar-refractivity contribution in [3.63, 3.8) is 0 Å². The quantitative estimate of drug-likeness (QED) is 0.804. The van der Waals surface area contributed by atoms with Gasteiger partial charge in [-0.05, 0) is 53.3 Å². The first-order chi connectivity index (χ1) is 12.0. The molecule has 1 saturated heterocycles. The Morgan fingerprint density at radius 2 is 2.12 bits per heavy atom. The summed E-state index contributed by atoms with van der Waals surface area (Å²) in [4.78, 5) is 23.8. The molecule has 0 bridgehead atoms. The molecule has 134 valence electrons. The van der Waals surface area contributed by atoms with Crippen LogP contribution < -0.4 is 5.32 Å². The summed E-state index contributed by atoms with van der Waals surface area (Å²) >= 11 is 7.61. The van der Waals surface area contributed by atoms with Crippen LogP contribution in [-0.2, 0) is 20.7 Å². The molecule has 1 aliphatic heterocycles. The van der Waals surface area contributed by atoms with Crippen molar-refractivity contribution in [1.29, 1.82) is 0 Å². The second-order valence-electron chi connectivity index (χ2n) is 6.28. The number of nitrogens with one attached hydrogen (secondary N) is 1.